The van der Waals surface area contributed by atoms with Gasteiger partial charge in [0, 0.05) is 12.4 Å². The van der Waals surface area contributed by atoms with Crippen LogP contribution in [-0.2, 0) is 5.88 Å². The summed E-state index contributed by atoms with van der Waals surface area (Å²) in [6, 6.07) is 3.70. The molecular weight excluding hydrogens is 170 g/mol. The zero-order valence-corrected chi connectivity index (χ0v) is 7.12. The Kier molecular flexibility index (Phi) is 1.81. The molecule has 0 N–H and O–H groups in total. The highest BCUT2D eigenvalue weighted by Gasteiger charge is 2.00. The Morgan fingerprint density at radius 3 is 3.08 bits per heavy atom. The minimum atomic E-state index is 0.418. The van der Waals surface area contributed by atoms with Crippen molar-refractivity contribution >= 4 is 30.6 Å². The monoisotopic (exact) mass is 176 g/mol. The highest BCUT2D eigenvalue weighted by atomic mass is 35.5. The van der Waals surface area contributed by atoms with Gasteiger partial charge in [-0.1, -0.05) is 11.5 Å². The number of rotatable bonds is 1. The van der Waals surface area contributed by atoms with Crippen LogP contribution in [0.25, 0.3) is 5.65 Å². The minimum absolute atomic E-state index is 0.418. The molecule has 0 unspecified atom stereocenters. The Hall–Kier alpha value is -0.955. The smallest absolute Gasteiger partial charge is 0.129 e. The molecule has 0 aromatic carbocycles. The maximum Gasteiger partial charge on any atom is 0.129 e. The van der Waals surface area contributed by atoms with Crippen molar-refractivity contribution in [3.05, 3.63) is 30.2 Å². The molecule has 0 aliphatic rings. The molecule has 2 radical (unpaired) electrons. The summed E-state index contributed by atoms with van der Waals surface area (Å²) in [5, 5.41) is 0. The van der Waals surface area contributed by atoms with Crippen LogP contribution >= 0.6 is 11.6 Å². The Morgan fingerprint density at radius 1 is 1.58 bits per heavy atom. The van der Waals surface area contributed by atoms with Crippen LogP contribution in [0.1, 0.15) is 5.69 Å². The van der Waals surface area contributed by atoms with E-state index in [2.05, 4.69) is 4.98 Å². The Labute approximate surface area is 76.6 Å². The lowest BCUT2D eigenvalue weighted by Gasteiger charge is -1.94. The van der Waals surface area contributed by atoms with Gasteiger partial charge in [-0.25, -0.2) is 4.98 Å². The lowest BCUT2D eigenvalue weighted by molar-refractivity contribution is 1.19. The third kappa shape index (κ3) is 1.10. The Morgan fingerprint density at radius 2 is 2.42 bits per heavy atom. The lowest BCUT2D eigenvalue weighted by atomic mass is 9.98. The molecule has 58 valence electrons. The van der Waals surface area contributed by atoms with E-state index in [1.54, 1.807) is 0 Å². The summed E-state index contributed by atoms with van der Waals surface area (Å²) in [5.41, 5.74) is 2.29. The Balaban J connectivity index is 2.74. The van der Waals surface area contributed by atoms with Crippen LogP contribution in [0.5, 0.6) is 0 Å². The molecule has 4 heteroatoms. The third-order valence-corrected chi connectivity index (χ3v) is 1.97. The van der Waals surface area contributed by atoms with Gasteiger partial charge >= 0.3 is 0 Å². The number of fused-ring (bicyclic) bond motifs is 1. The maximum atomic E-state index is 5.70. The molecule has 2 rings (SSSR count). The third-order valence-electron chi connectivity index (χ3n) is 1.70. The van der Waals surface area contributed by atoms with E-state index in [-0.39, 0.29) is 0 Å². The van der Waals surface area contributed by atoms with Crippen LogP contribution in [-0.4, -0.2) is 17.2 Å². The van der Waals surface area contributed by atoms with Gasteiger partial charge in [0.25, 0.3) is 0 Å². The summed E-state index contributed by atoms with van der Waals surface area (Å²) in [6.07, 6.45) is 3.77. The molecular formula is C8H6BClN2. The molecule has 2 aromatic rings. The molecule has 0 atom stereocenters. The number of halogens is 1. The fourth-order valence-electron chi connectivity index (χ4n) is 1.15. The molecule has 2 nitrogen and oxygen atoms in total. The van der Waals surface area contributed by atoms with Crippen molar-refractivity contribution in [3.63, 3.8) is 0 Å². The molecule has 0 amide bonds. The van der Waals surface area contributed by atoms with Gasteiger partial charge in [0.2, 0.25) is 0 Å². The summed E-state index contributed by atoms with van der Waals surface area (Å²) in [4.78, 5) is 4.24. The average molecular weight is 176 g/mol. The molecule has 0 spiro atoms. The van der Waals surface area contributed by atoms with E-state index in [9.17, 15) is 0 Å². The summed E-state index contributed by atoms with van der Waals surface area (Å²) < 4.78 is 1.87. The van der Waals surface area contributed by atoms with E-state index in [4.69, 9.17) is 19.4 Å². The predicted molar refractivity (Wildman–Crippen MR) is 50.1 cm³/mol. The number of hydrogen-bond acceptors (Lipinski definition) is 1. The number of hydrogen-bond donors (Lipinski definition) is 0. The molecule has 12 heavy (non-hydrogen) atoms. The average Bonchev–Trinajstić information content (AvgIpc) is 2.49. The molecule has 0 saturated carbocycles. The van der Waals surface area contributed by atoms with E-state index in [0.29, 0.717) is 11.3 Å². The predicted octanol–water partition coefficient (Wildman–Crippen LogP) is 0.867. The van der Waals surface area contributed by atoms with E-state index < -0.39 is 0 Å². The van der Waals surface area contributed by atoms with Gasteiger partial charge in [0.05, 0.1) is 11.6 Å². The van der Waals surface area contributed by atoms with Crippen LogP contribution in [0.4, 0.5) is 0 Å². The van der Waals surface area contributed by atoms with E-state index in [1.807, 2.05) is 28.9 Å². The largest absolute Gasteiger partial charge is 0.307 e. The number of imidazole rings is 1. The van der Waals surface area contributed by atoms with Gasteiger partial charge in [-0.05, 0) is 6.07 Å². The Bertz CT molecular complexity index is 410. The summed E-state index contributed by atoms with van der Waals surface area (Å²) >= 11 is 5.63. The zero-order valence-electron chi connectivity index (χ0n) is 6.37. The topological polar surface area (TPSA) is 17.3 Å². The van der Waals surface area contributed by atoms with Crippen molar-refractivity contribution in [1.82, 2.24) is 9.38 Å². The second-order valence-electron chi connectivity index (χ2n) is 2.56. The van der Waals surface area contributed by atoms with Crippen LogP contribution in [0.15, 0.2) is 24.5 Å². The van der Waals surface area contributed by atoms with Crippen LogP contribution in [0.2, 0.25) is 0 Å². The van der Waals surface area contributed by atoms with Gasteiger partial charge in [-0.2, -0.15) is 0 Å². The van der Waals surface area contributed by atoms with Crippen molar-refractivity contribution in [1.29, 1.82) is 0 Å². The highest BCUT2D eigenvalue weighted by Crippen LogP contribution is 2.04. The first-order valence-electron chi connectivity index (χ1n) is 3.59. The first kappa shape index (κ1) is 7.68. The van der Waals surface area contributed by atoms with Crippen molar-refractivity contribution in [3.8, 4) is 0 Å². The molecule has 2 aromatic heterocycles. The van der Waals surface area contributed by atoms with Gasteiger partial charge < -0.3 is 4.40 Å². The van der Waals surface area contributed by atoms with Crippen LogP contribution < -0.4 is 5.46 Å². The molecule has 0 aliphatic heterocycles. The number of pyridine rings is 1. The highest BCUT2D eigenvalue weighted by molar-refractivity contribution is 6.36. The summed E-state index contributed by atoms with van der Waals surface area (Å²) in [6.45, 7) is 0. The second-order valence-corrected chi connectivity index (χ2v) is 2.83. The number of alkyl halides is 1. The quantitative estimate of drug-likeness (QED) is 0.465. The van der Waals surface area contributed by atoms with Crippen molar-refractivity contribution in [2.75, 3.05) is 0 Å². The molecule has 0 aliphatic carbocycles. The zero-order chi connectivity index (χ0) is 8.55. The number of aromatic nitrogens is 2. The number of nitrogens with zero attached hydrogens (tertiary/aromatic N) is 2. The summed E-state index contributed by atoms with van der Waals surface area (Å²) in [7, 11) is 5.70. The van der Waals surface area contributed by atoms with E-state index in [1.165, 1.54) is 0 Å². The summed E-state index contributed by atoms with van der Waals surface area (Å²) in [5.74, 6) is 0.418. The van der Waals surface area contributed by atoms with Crippen LogP contribution in [0, 0.1) is 0 Å². The van der Waals surface area contributed by atoms with Gasteiger partial charge in [-0.15, -0.1) is 11.6 Å². The molecule has 0 fully saturated rings. The first-order chi connectivity index (χ1) is 5.81. The molecule has 0 bridgehead atoms. The fraction of sp³-hybridized carbons (Fsp3) is 0.125. The SMILES string of the molecule is [B]c1cccn2cc(CCl)nc12. The van der Waals surface area contributed by atoms with Crippen molar-refractivity contribution < 1.29 is 0 Å². The lowest BCUT2D eigenvalue weighted by Crippen LogP contribution is -2.06. The van der Waals surface area contributed by atoms with Crippen LogP contribution in [0.3, 0.4) is 0 Å². The molecule has 0 saturated heterocycles. The van der Waals surface area contributed by atoms with Gasteiger partial charge in [-0.3, -0.25) is 0 Å². The van der Waals surface area contributed by atoms with Crippen molar-refractivity contribution in [2.24, 2.45) is 0 Å². The standard InChI is InChI=1S/C8H6BClN2/c9-7-2-1-3-12-5-6(4-10)11-8(7)12/h1-3,5H,4H2. The van der Waals surface area contributed by atoms with E-state index in [0.717, 1.165) is 11.3 Å². The minimum Gasteiger partial charge on any atom is -0.307 e. The second kappa shape index (κ2) is 2.83. The normalized spacial score (nSPS) is 10.8. The van der Waals surface area contributed by atoms with Gasteiger partial charge in [0.1, 0.15) is 13.5 Å². The van der Waals surface area contributed by atoms with Crippen molar-refractivity contribution in [2.45, 2.75) is 5.88 Å². The first-order valence-corrected chi connectivity index (χ1v) is 4.13. The van der Waals surface area contributed by atoms with E-state index >= 15 is 0 Å². The fourth-order valence-corrected chi connectivity index (χ4v) is 1.28. The van der Waals surface area contributed by atoms with Gasteiger partial charge in [0.15, 0.2) is 0 Å². The molecule has 2 heterocycles. The maximum absolute atomic E-state index is 5.70.